The minimum atomic E-state index is -3.70. The number of aliphatic hydroxyl groups is 1. The quantitative estimate of drug-likeness (QED) is 0.373. The summed E-state index contributed by atoms with van der Waals surface area (Å²) in [6.45, 7) is 1.96. The Morgan fingerprint density at radius 1 is 1.38 bits per heavy atom. The van der Waals surface area contributed by atoms with Crippen LogP contribution < -0.4 is 5.32 Å². The lowest BCUT2D eigenvalue weighted by atomic mass is 10.1. The molecule has 0 spiro atoms. The van der Waals surface area contributed by atoms with E-state index < -0.39 is 27.3 Å². The summed E-state index contributed by atoms with van der Waals surface area (Å²) in [4.78, 5) is 12.4. The zero-order valence-corrected chi connectivity index (χ0v) is 16.9. The number of aromatic nitrogens is 1. The predicted molar refractivity (Wildman–Crippen MR) is 103 cm³/mol. The van der Waals surface area contributed by atoms with Crippen molar-refractivity contribution in [1.82, 2.24) is 9.46 Å². The summed E-state index contributed by atoms with van der Waals surface area (Å²) < 4.78 is 35.8. The number of amides is 1. The van der Waals surface area contributed by atoms with Gasteiger partial charge in [0.05, 0.1) is 23.3 Å². The molecule has 0 aliphatic rings. The first-order valence-corrected chi connectivity index (χ1v) is 9.78. The zero-order chi connectivity index (χ0) is 21.6. The van der Waals surface area contributed by atoms with Crippen LogP contribution >= 0.6 is 0 Å². The van der Waals surface area contributed by atoms with Gasteiger partial charge in [-0.2, -0.15) is 9.57 Å². The van der Waals surface area contributed by atoms with Crippen molar-refractivity contribution < 1.29 is 27.6 Å². The highest BCUT2D eigenvalue weighted by molar-refractivity contribution is 7.89. The van der Waals surface area contributed by atoms with Crippen molar-refractivity contribution in [3.8, 4) is 6.07 Å². The molecule has 2 N–H and O–H groups in total. The van der Waals surface area contributed by atoms with Gasteiger partial charge in [0.2, 0.25) is 10.0 Å². The lowest BCUT2D eigenvalue weighted by Gasteiger charge is -2.17. The van der Waals surface area contributed by atoms with E-state index in [0.717, 1.165) is 4.31 Å². The van der Waals surface area contributed by atoms with Crippen LogP contribution in [0.1, 0.15) is 11.3 Å². The van der Waals surface area contributed by atoms with Crippen LogP contribution in [-0.2, 0) is 19.6 Å². The smallest absolute Gasteiger partial charge is 0.270 e. The number of nitriles is 1. The van der Waals surface area contributed by atoms with Crippen molar-refractivity contribution in [2.45, 2.75) is 11.8 Å². The van der Waals surface area contributed by atoms with Crippen LogP contribution in [0.15, 0.2) is 45.5 Å². The Bertz CT molecular complexity index is 1050. The summed E-state index contributed by atoms with van der Waals surface area (Å²) in [6.07, 6.45) is 1.19. The van der Waals surface area contributed by atoms with E-state index in [9.17, 15) is 23.6 Å². The number of nitrogens with one attached hydrogen (secondary N) is 1. The molecule has 154 valence electrons. The third-order valence-electron chi connectivity index (χ3n) is 4.01. The standard InChI is InChI=1S/C18H20N4O6S/c1-12-16(11-20-28-12)17(23)15(10-19)18(24)21-13-4-6-14(7-5-13)29(25,26)22(2)8-9-27-3/h4-7,11,23H,8-9H2,1-3H3,(H,21,24)/b17-15-. The average molecular weight is 420 g/mol. The number of sulfonamides is 1. The van der Waals surface area contributed by atoms with Crippen LogP contribution in [0.2, 0.25) is 0 Å². The first-order chi connectivity index (χ1) is 13.7. The topological polar surface area (TPSA) is 146 Å². The van der Waals surface area contributed by atoms with E-state index in [-0.39, 0.29) is 35.1 Å². The van der Waals surface area contributed by atoms with Crippen LogP contribution in [0.5, 0.6) is 0 Å². The lowest BCUT2D eigenvalue weighted by molar-refractivity contribution is -0.112. The van der Waals surface area contributed by atoms with E-state index in [4.69, 9.17) is 9.26 Å². The molecule has 2 aromatic rings. The molecule has 0 unspecified atom stereocenters. The molecular formula is C18H20N4O6S. The van der Waals surface area contributed by atoms with Crippen LogP contribution in [0.25, 0.3) is 5.76 Å². The summed E-state index contributed by atoms with van der Waals surface area (Å²) in [5.74, 6) is -1.18. The Labute approximate surface area is 168 Å². The number of ether oxygens (including phenoxy) is 1. The lowest BCUT2D eigenvalue weighted by Crippen LogP contribution is -2.30. The van der Waals surface area contributed by atoms with Crippen molar-refractivity contribution in [1.29, 1.82) is 5.26 Å². The molecule has 29 heavy (non-hydrogen) atoms. The minimum absolute atomic E-state index is 0.0353. The fraction of sp³-hybridized carbons (Fsp3) is 0.278. The van der Waals surface area contributed by atoms with Crippen molar-refractivity contribution in [2.75, 3.05) is 32.6 Å². The summed E-state index contributed by atoms with van der Waals surface area (Å²) in [5.41, 5.74) is -0.166. The zero-order valence-electron chi connectivity index (χ0n) is 16.0. The van der Waals surface area contributed by atoms with Gasteiger partial charge in [0, 0.05) is 26.4 Å². The van der Waals surface area contributed by atoms with Crippen LogP contribution in [0.3, 0.4) is 0 Å². The van der Waals surface area contributed by atoms with Gasteiger partial charge in [-0.1, -0.05) is 5.16 Å². The predicted octanol–water partition coefficient (Wildman–Crippen LogP) is 1.68. The number of nitrogens with zero attached hydrogens (tertiary/aromatic N) is 3. The van der Waals surface area contributed by atoms with Gasteiger partial charge in [-0.25, -0.2) is 8.42 Å². The van der Waals surface area contributed by atoms with Crippen LogP contribution in [0.4, 0.5) is 5.69 Å². The maximum Gasteiger partial charge on any atom is 0.270 e. The number of hydrogen-bond acceptors (Lipinski definition) is 8. The molecule has 1 aromatic heterocycles. The average Bonchev–Trinajstić information content (AvgIpc) is 3.12. The highest BCUT2D eigenvalue weighted by atomic mass is 32.2. The van der Waals surface area contributed by atoms with E-state index in [1.807, 2.05) is 0 Å². The Kier molecular flexibility index (Phi) is 7.11. The van der Waals surface area contributed by atoms with E-state index in [2.05, 4.69) is 10.5 Å². The molecule has 10 nitrogen and oxygen atoms in total. The second-order valence-electron chi connectivity index (χ2n) is 5.93. The molecule has 0 saturated heterocycles. The minimum Gasteiger partial charge on any atom is -0.506 e. The van der Waals surface area contributed by atoms with E-state index in [1.54, 1.807) is 6.07 Å². The molecule has 0 aliphatic heterocycles. The third kappa shape index (κ3) is 5.00. The molecule has 1 heterocycles. The first-order valence-electron chi connectivity index (χ1n) is 8.34. The number of hydrogen-bond donors (Lipinski definition) is 2. The van der Waals surface area contributed by atoms with E-state index >= 15 is 0 Å². The van der Waals surface area contributed by atoms with E-state index in [0.29, 0.717) is 0 Å². The van der Waals surface area contributed by atoms with Crippen molar-refractivity contribution in [3.05, 3.63) is 47.4 Å². The molecule has 1 amide bonds. The molecule has 0 radical (unpaired) electrons. The van der Waals surface area contributed by atoms with Gasteiger partial charge in [0.1, 0.15) is 11.8 Å². The number of carbonyl (C=O) groups excluding carboxylic acids is 1. The van der Waals surface area contributed by atoms with Crippen LogP contribution in [-0.4, -0.2) is 56.2 Å². The molecule has 0 fully saturated rings. The van der Waals surface area contributed by atoms with Gasteiger partial charge in [-0.15, -0.1) is 0 Å². The summed E-state index contributed by atoms with van der Waals surface area (Å²) in [7, 11) is -0.793. The molecule has 1 aromatic carbocycles. The number of rotatable bonds is 8. The van der Waals surface area contributed by atoms with E-state index in [1.165, 1.54) is 51.5 Å². The number of aliphatic hydroxyl groups excluding tert-OH is 1. The normalized spacial score (nSPS) is 12.4. The van der Waals surface area contributed by atoms with Gasteiger partial charge in [-0.05, 0) is 31.2 Å². The molecule has 0 saturated carbocycles. The second kappa shape index (κ2) is 9.33. The van der Waals surface area contributed by atoms with Crippen molar-refractivity contribution in [2.24, 2.45) is 0 Å². The largest absolute Gasteiger partial charge is 0.506 e. The molecular weight excluding hydrogens is 400 g/mol. The van der Waals surface area contributed by atoms with Crippen molar-refractivity contribution in [3.63, 3.8) is 0 Å². The van der Waals surface area contributed by atoms with Gasteiger partial charge < -0.3 is 19.7 Å². The number of methoxy groups -OCH3 is 1. The van der Waals surface area contributed by atoms with Crippen LogP contribution in [0, 0.1) is 18.3 Å². The number of carbonyl (C=O) groups is 1. The summed E-state index contributed by atoms with van der Waals surface area (Å²) in [5, 5.41) is 25.4. The highest BCUT2D eigenvalue weighted by Gasteiger charge is 2.22. The van der Waals surface area contributed by atoms with Gasteiger partial charge in [0.25, 0.3) is 5.91 Å². The Hall–Kier alpha value is -3.20. The number of aryl methyl sites for hydroxylation is 1. The molecule has 0 atom stereocenters. The molecule has 2 rings (SSSR count). The Morgan fingerprint density at radius 3 is 2.55 bits per heavy atom. The fourth-order valence-electron chi connectivity index (χ4n) is 2.30. The summed E-state index contributed by atoms with van der Waals surface area (Å²) in [6, 6.07) is 7.06. The number of benzene rings is 1. The van der Waals surface area contributed by atoms with Gasteiger partial charge >= 0.3 is 0 Å². The van der Waals surface area contributed by atoms with Gasteiger partial charge in [-0.3, -0.25) is 4.79 Å². The summed E-state index contributed by atoms with van der Waals surface area (Å²) >= 11 is 0. The van der Waals surface area contributed by atoms with Gasteiger partial charge in [0.15, 0.2) is 11.3 Å². The second-order valence-corrected chi connectivity index (χ2v) is 7.97. The monoisotopic (exact) mass is 420 g/mol. The Morgan fingerprint density at radius 2 is 2.03 bits per heavy atom. The van der Waals surface area contributed by atoms with Crippen molar-refractivity contribution >= 4 is 27.4 Å². The SMILES string of the molecule is COCCN(C)S(=O)(=O)c1ccc(NC(=O)/C(C#N)=C(\O)c2cnoc2C)cc1. The number of anilines is 1. The molecule has 0 aliphatic carbocycles. The molecule has 11 heteroatoms. The first kappa shape index (κ1) is 22.1. The molecule has 0 bridgehead atoms. The highest BCUT2D eigenvalue weighted by Crippen LogP contribution is 2.21. The number of likely N-dealkylation sites (N-methyl/N-ethyl adjacent to an activating group) is 1. The maximum atomic E-state index is 12.5. The maximum absolute atomic E-state index is 12.5. The Balaban J connectivity index is 2.20. The third-order valence-corrected chi connectivity index (χ3v) is 5.88. The fourth-order valence-corrected chi connectivity index (χ4v) is 3.45.